The number of nitrogens with zero attached hydrogens (tertiary/aromatic N) is 6. The molecule has 0 rings (SSSR count). The third-order valence-corrected chi connectivity index (χ3v) is 2.47. The van der Waals surface area contributed by atoms with Crippen molar-refractivity contribution in [2.24, 2.45) is 30.9 Å². The monoisotopic (exact) mass is 520 g/mol. The van der Waals surface area contributed by atoms with Crippen molar-refractivity contribution in [1.82, 2.24) is 0 Å². The Morgan fingerprint density at radius 1 is 0.370 bits per heavy atom. The molecular weight excluding hydrogens is 496 g/mol. The second-order valence-corrected chi connectivity index (χ2v) is 4.11. The molecule has 15 heteroatoms. The van der Waals surface area contributed by atoms with Crippen LogP contribution in [0.5, 0.6) is 0 Å². The van der Waals surface area contributed by atoms with Gasteiger partial charge in [-0.2, -0.15) is 0 Å². The van der Waals surface area contributed by atoms with E-state index in [1.54, 1.807) is 0 Å². The molecule has 0 amide bonds. The van der Waals surface area contributed by atoms with Crippen LogP contribution in [0.2, 0.25) is 0 Å². The second kappa shape index (κ2) is 26.3. The summed E-state index contributed by atoms with van der Waals surface area (Å²) >= 11 is 0. The summed E-state index contributed by atoms with van der Waals surface area (Å²) in [5.41, 5.74) is 1.88. The van der Waals surface area contributed by atoms with E-state index in [-0.39, 0.29) is 44.3 Å². The predicted molar refractivity (Wildman–Crippen MR) is 89.4 cm³/mol. The van der Waals surface area contributed by atoms with E-state index >= 15 is 0 Å². The fraction of sp³-hybridized carbons (Fsp3) is 0.500. The van der Waals surface area contributed by atoms with Crippen molar-refractivity contribution in [2.75, 3.05) is 0 Å². The fourth-order valence-corrected chi connectivity index (χ4v) is 0.434. The van der Waals surface area contributed by atoms with E-state index in [0.717, 1.165) is 0 Å². The van der Waals surface area contributed by atoms with Crippen molar-refractivity contribution in [1.29, 1.82) is 0 Å². The van der Waals surface area contributed by atoms with Gasteiger partial charge in [0.15, 0.2) is 0 Å². The molecule has 0 bridgehead atoms. The van der Waals surface area contributed by atoms with E-state index in [2.05, 4.69) is 30.9 Å². The van der Waals surface area contributed by atoms with Gasteiger partial charge in [0.05, 0.1) is 0 Å². The van der Waals surface area contributed by atoms with E-state index in [0.29, 0.717) is 34.3 Å². The van der Waals surface area contributed by atoms with Gasteiger partial charge in [0.2, 0.25) is 0 Å². The van der Waals surface area contributed by atoms with E-state index in [4.69, 9.17) is 31.2 Å². The summed E-state index contributed by atoms with van der Waals surface area (Å²) < 4.78 is 0. The molecule has 0 fully saturated rings. The minimum absolute atomic E-state index is 0. The molecule has 0 aliphatic carbocycles. The number of oxime groups is 6. The van der Waals surface area contributed by atoms with E-state index in [1.165, 1.54) is 41.5 Å². The first kappa shape index (κ1) is 39.9. The zero-order chi connectivity index (χ0) is 19.7. The molecule has 0 radical (unpaired) electrons. The minimum atomic E-state index is 0. The summed E-state index contributed by atoms with van der Waals surface area (Å²) in [4.78, 5) is 0. The third-order valence-electron chi connectivity index (χ3n) is 2.47. The predicted octanol–water partition coefficient (Wildman–Crippen LogP) is -3.93. The standard InChI is InChI=1S/3C4H8N2O2.2ClH.Ru/c3*1-3(5-7)4(2)6-8;;;/h3*7-8H,1-2H3;2*1H;/q;;;;;+2/p-2/b3*5-3+,6-4+;;;. The van der Waals surface area contributed by atoms with Gasteiger partial charge in [-0.1, -0.05) is 30.9 Å². The van der Waals surface area contributed by atoms with Gasteiger partial charge >= 0.3 is 19.5 Å². The molecule has 0 aromatic heterocycles. The summed E-state index contributed by atoms with van der Waals surface area (Å²) in [6.45, 7) is 9.22. The molecule has 0 saturated carbocycles. The van der Waals surface area contributed by atoms with Crippen molar-refractivity contribution in [3.63, 3.8) is 0 Å². The summed E-state index contributed by atoms with van der Waals surface area (Å²) in [5.74, 6) is 0. The van der Waals surface area contributed by atoms with Gasteiger partial charge in [-0.3, -0.25) is 0 Å². The maximum Gasteiger partial charge on any atom is 2.00 e. The Morgan fingerprint density at radius 3 is 0.481 bits per heavy atom. The zero-order valence-corrected chi connectivity index (χ0v) is 18.7. The van der Waals surface area contributed by atoms with Gasteiger partial charge in [0, 0.05) is 0 Å². The maximum atomic E-state index is 8.03. The van der Waals surface area contributed by atoms with Crippen LogP contribution >= 0.6 is 0 Å². The largest absolute Gasteiger partial charge is 2.00 e. The SMILES string of the molecule is CC(=N\O)/C(C)=N/O.CC(=N\O)/C(C)=N/O.CC(=N\O)/C(C)=N/O.[Cl-].[Cl-].[Ru+2]. The normalized spacial score (nSPS) is 12.7. The van der Waals surface area contributed by atoms with Crippen molar-refractivity contribution < 1.29 is 75.5 Å². The molecule has 0 saturated heterocycles. The molecule has 0 aromatic carbocycles. The Labute approximate surface area is 182 Å². The number of hydrogen-bond acceptors (Lipinski definition) is 12. The molecule has 0 heterocycles. The van der Waals surface area contributed by atoms with Gasteiger partial charge in [-0.25, -0.2) is 0 Å². The van der Waals surface area contributed by atoms with Gasteiger partial charge in [-0.05, 0) is 41.5 Å². The molecule has 0 aliphatic heterocycles. The molecule has 12 nitrogen and oxygen atoms in total. The summed E-state index contributed by atoms with van der Waals surface area (Å²) in [7, 11) is 0. The average Bonchev–Trinajstić information content (AvgIpc) is 2.64. The number of rotatable bonds is 3. The van der Waals surface area contributed by atoms with Crippen LogP contribution in [0, 0.1) is 0 Å². The van der Waals surface area contributed by atoms with Crippen LogP contribution in [0.25, 0.3) is 0 Å². The van der Waals surface area contributed by atoms with E-state index in [1.807, 2.05) is 0 Å². The van der Waals surface area contributed by atoms with Crippen molar-refractivity contribution in [2.45, 2.75) is 41.5 Å². The maximum absolute atomic E-state index is 8.03. The van der Waals surface area contributed by atoms with Crippen LogP contribution in [0.15, 0.2) is 30.9 Å². The van der Waals surface area contributed by atoms with Gasteiger partial charge in [0.1, 0.15) is 34.3 Å². The third kappa shape index (κ3) is 24.0. The fourth-order valence-electron chi connectivity index (χ4n) is 0.434. The zero-order valence-electron chi connectivity index (χ0n) is 15.5. The Balaban J connectivity index is -0.0000000580. The molecule has 160 valence electrons. The average molecular weight is 520 g/mol. The molecule has 0 spiro atoms. The number of hydrogen-bond donors (Lipinski definition) is 6. The summed E-state index contributed by atoms with van der Waals surface area (Å²) in [6, 6.07) is 0. The minimum Gasteiger partial charge on any atom is -1.00 e. The van der Waals surface area contributed by atoms with Crippen molar-refractivity contribution in [3.8, 4) is 0 Å². The molecule has 27 heavy (non-hydrogen) atoms. The first-order valence-electron chi connectivity index (χ1n) is 6.29. The van der Waals surface area contributed by atoms with E-state index in [9.17, 15) is 0 Å². The second-order valence-electron chi connectivity index (χ2n) is 4.11. The van der Waals surface area contributed by atoms with Gasteiger partial charge in [-0.15, -0.1) is 0 Å². The smallest absolute Gasteiger partial charge is 1.00 e. The van der Waals surface area contributed by atoms with Crippen molar-refractivity contribution in [3.05, 3.63) is 0 Å². The number of halogens is 2. The van der Waals surface area contributed by atoms with E-state index < -0.39 is 0 Å². The molecule has 0 aliphatic rings. The topological polar surface area (TPSA) is 196 Å². The van der Waals surface area contributed by atoms with Crippen molar-refractivity contribution >= 4 is 34.3 Å². The first-order chi connectivity index (χ1) is 11.2. The van der Waals surface area contributed by atoms with Crippen LogP contribution < -0.4 is 24.8 Å². The Bertz CT molecular complexity index is 428. The summed E-state index contributed by atoms with van der Waals surface area (Å²) in [5, 5.41) is 64.9. The van der Waals surface area contributed by atoms with Gasteiger partial charge < -0.3 is 56.1 Å². The molecular formula is C12H24Cl2N6O6Ru. The Morgan fingerprint density at radius 2 is 0.444 bits per heavy atom. The summed E-state index contributed by atoms with van der Waals surface area (Å²) in [6.07, 6.45) is 0. The molecule has 0 aromatic rings. The molecule has 0 unspecified atom stereocenters. The van der Waals surface area contributed by atoms with Crippen LogP contribution in [-0.4, -0.2) is 65.5 Å². The Kier molecular flexibility index (Phi) is 38.8. The molecule has 6 N–H and O–H groups in total. The quantitative estimate of drug-likeness (QED) is 0.0951. The van der Waals surface area contributed by atoms with Crippen LogP contribution in [-0.2, 0) is 19.5 Å². The van der Waals surface area contributed by atoms with Crippen LogP contribution in [0.3, 0.4) is 0 Å². The van der Waals surface area contributed by atoms with Crippen LogP contribution in [0.1, 0.15) is 41.5 Å². The first-order valence-corrected chi connectivity index (χ1v) is 6.29. The van der Waals surface area contributed by atoms with Crippen LogP contribution in [0.4, 0.5) is 0 Å². The molecule has 0 atom stereocenters. The van der Waals surface area contributed by atoms with Gasteiger partial charge in [0.25, 0.3) is 0 Å². The Hall–Kier alpha value is -1.98.